The molecule has 0 aromatic heterocycles. The Hall–Kier alpha value is -2.25. The maximum Gasteiger partial charge on any atom is 0.243 e. The van der Waals surface area contributed by atoms with E-state index in [-0.39, 0.29) is 10.7 Å². The lowest BCUT2D eigenvalue weighted by Crippen LogP contribution is -2.48. The van der Waals surface area contributed by atoms with Crippen LogP contribution in [-0.2, 0) is 10.0 Å². The van der Waals surface area contributed by atoms with Gasteiger partial charge in [-0.1, -0.05) is 6.07 Å². The molecule has 5 nitrogen and oxygen atoms in total. The maximum atomic E-state index is 13.3. The lowest BCUT2D eigenvalue weighted by atomic mass is 10.1. The molecule has 132 valence electrons. The Morgan fingerprint density at radius 2 is 1.64 bits per heavy atom. The Labute approximate surface area is 146 Å². The number of anilines is 1. The molecule has 1 fully saturated rings. The average Bonchev–Trinajstić information content (AvgIpc) is 2.62. The summed E-state index contributed by atoms with van der Waals surface area (Å²) in [6.07, 6.45) is 0. The Kier molecular flexibility index (Phi) is 4.87. The van der Waals surface area contributed by atoms with Crippen LogP contribution < -0.4 is 4.90 Å². The van der Waals surface area contributed by atoms with E-state index in [2.05, 4.69) is 4.90 Å². The maximum absolute atomic E-state index is 13.3. The molecule has 0 spiro atoms. The molecule has 25 heavy (non-hydrogen) atoms. The molecule has 3 rings (SSSR count). The smallest absolute Gasteiger partial charge is 0.243 e. The van der Waals surface area contributed by atoms with Crippen molar-refractivity contribution in [1.29, 1.82) is 0 Å². The van der Waals surface area contributed by atoms with Gasteiger partial charge in [0, 0.05) is 37.4 Å². The molecule has 0 aliphatic carbocycles. The number of carbonyl (C=O) groups excluding carboxylic acids is 1. The van der Waals surface area contributed by atoms with Gasteiger partial charge in [0.2, 0.25) is 10.0 Å². The Morgan fingerprint density at radius 1 is 1.00 bits per heavy atom. The number of sulfonamides is 1. The van der Waals surface area contributed by atoms with Crippen LogP contribution in [0.4, 0.5) is 10.1 Å². The first-order valence-corrected chi connectivity index (χ1v) is 9.43. The molecule has 7 heteroatoms. The molecule has 0 amide bonds. The highest BCUT2D eigenvalue weighted by molar-refractivity contribution is 7.89. The van der Waals surface area contributed by atoms with Gasteiger partial charge in [-0.25, -0.2) is 12.8 Å². The van der Waals surface area contributed by atoms with Gasteiger partial charge in [0.1, 0.15) is 5.82 Å². The molecule has 2 aromatic rings. The van der Waals surface area contributed by atoms with E-state index < -0.39 is 15.8 Å². The van der Waals surface area contributed by atoms with Crippen molar-refractivity contribution in [3.63, 3.8) is 0 Å². The molecule has 0 N–H and O–H groups in total. The zero-order valence-corrected chi connectivity index (χ0v) is 14.7. The van der Waals surface area contributed by atoms with Crippen molar-refractivity contribution in [2.24, 2.45) is 0 Å². The molecule has 0 atom stereocenters. The van der Waals surface area contributed by atoms with Crippen molar-refractivity contribution in [1.82, 2.24) is 4.31 Å². The van der Waals surface area contributed by atoms with Crippen LogP contribution in [0.5, 0.6) is 0 Å². The normalized spacial score (nSPS) is 16.0. The second-order valence-electron chi connectivity index (χ2n) is 5.95. The van der Waals surface area contributed by atoms with Crippen LogP contribution in [0.1, 0.15) is 17.3 Å². The fourth-order valence-electron chi connectivity index (χ4n) is 2.87. The summed E-state index contributed by atoms with van der Waals surface area (Å²) in [5.41, 5.74) is 1.60. The lowest BCUT2D eigenvalue weighted by Gasteiger charge is -2.35. The standard InChI is InChI=1S/C18H19FN2O3S/c1-14(22)15-5-7-17(8-6-15)20-9-11-21(12-10-20)25(23,24)18-4-2-3-16(19)13-18/h2-8,13H,9-12H2,1H3. The number of ketones is 1. The van der Waals surface area contributed by atoms with Gasteiger partial charge in [-0.05, 0) is 49.4 Å². The summed E-state index contributed by atoms with van der Waals surface area (Å²) in [5.74, 6) is -0.553. The largest absolute Gasteiger partial charge is 0.369 e. The first kappa shape index (κ1) is 17.6. The molecule has 1 aliphatic heterocycles. The first-order valence-electron chi connectivity index (χ1n) is 7.99. The van der Waals surface area contributed by atoms with Crippen LogP contribution in [0.25, 0.3) is 0 Å². The molecular formula is C18H19FN2O3S. The van der Waals surface area contributed by atoms with E-state index in [1.165, 1.54) is 29.4 Å². The van der Waals surface area contributed by atoms with Gasteiger partial charge in [0.25, 0.3) is 0 Å². The predicted octanol–water partition coefficient (Wildman–Crippen LogP) is 2.54. The van der Waals surface area contributed by atoms with Gasteiger partial charge in [-0.15, -0.1) is 0 Å². The number of nitrogens with zero attached hydrogens (tertiary/aromatic N) is 2. The van der Waals surface area contributed by atoms with Gasteiger partial charge in [0.15, 0.2) is 5.78 Å². The zero-order valence-electron chi connectivity index (χ0n) is 13.9. The first-order chi connectivity index (χ1) is 11.9. The lowest BCUT2D eigenvalue weighted by molar-refractivity contribution is 0.101. The average molecular weight is 362 g/mol. The van der Waals surface area contributed by atoms with E-state index in [0.29, 0.717) is 31.7 Å². The molecule has 1 heterocycles. The molecule has 1 aliphatic rings. The molecule has 2 aromatic carbocycles. The minimum absolute atomic E-state index is 0.0116. The summed E-state index contributed by atoms with van der Waals surface area (Å²) >= 11 is 0. The van der Waals surface area contributed by atoms with Gasteiger partial charge >= 0.3 is 0 Å². The topological polar surface area (TPSA) is 57.7 Å². The number of piperazine rings is 1. The van der Waals surface area contributed by atoms with Crippen molar-refractivity contribution in [2.75, 3.05) is 31.1 Å². The molecule has 0 bridgehead atoms. The summed E-state index contributed by atoms with van der Waals surface area (Å²) in [4.78, 5) is 13.4. The number of hydrogen-bond acceptors (Lipinski definition) is 4. The summed E-state index contributed by atoms with van der Waals surface area (Å²) in [5, 5.41) is 0. The summed E-state index contributed by atoms with van der Waals surface area (Å²) in [7, 11) is -3.69. The van der Waals surface area contributed by atoms with Gasteiger partial charge < -0.3 is 4.90 Å². The second kappa shape index (κ2) is 6.93. The third-order valence-electron chi connectivity index (χ3n) is 4.31. The number of Topliss-reactive ketones (excluding diaryl/α,β-unsaturated/α-hetero) is 1. The van der Waals surface area contributed by atoms with E-state index in [1.807, 2.05) is 12.1 Å². The summed E-state index contributed by atoms with van der Waals surface area (Å²) < 4.78 is 39.9. The van der Waals surface area contributed by atoms with Gasteiger partial charge in [-0.3, -0.25) is 4.79 Å². The third kappa shape index (κ3) is 3.72. The number of benzene rings is 2. The summed E-state index contributed by atoms with van der Waals surface area (Å²) in [6.45, 7) is 3.24. The van der Waals surface area contributed by atoms with Gasteiger partial charge in [0.05, 0.1) is 4.90 Å². The van der Waals surface area contributed by atoms with Crippen LogP contribution >= 0.6 is 0 Å². The molecule has 0 unspecified atom stereocenters. The van der Waals surface area contributed by atoms with E-state index in [4.69, 9.17) is 0 Å². The Bertz CT molecular complexity index is 873. The van der Waals surface area contributed by atoms with Crippen LogP contribution in [-0.4, -0.2) is 44.7 Å². The van der Waals surface area contributed by atoms with Crippen LogP contribution in [0, 0.1) is 5.82 Å². The highest BCUT2D eigenvalue weighted by Crippen LogP contribution is 2.22. The van der Waals surface area contributed by atoms with Crippen LogP contribution in [0.15, 0.2) is 53.4 Å². The summed E-state index contributed by atoms with van der Waals surface area (Å²) in [6, 6.07) is 12.4. The number of carbonyl (C=O) groups is 1. The van der Waals surface area contributed by atoms with E-state index in [0.717, 1.165) is 11.8 Å². The fraction of sp³-hybridized carbons (Fsp3) is 0.278. The van der Waals surface area contributed by atoms with Crippen molar-refractivity contribution < 1.29 is 17.6 Å². The zero-order chi connectivity index (χ0) is 18.0. The number of rotatable bonds is 4. The van der Waals surface area contributed by atoms with Crippen molar-refractivity contribution in [3.05, 3.63) is 59.9 Å². The van der Waals surface area contributed by atoms with E-state index in [9.17, 15) is 17.6 Å². The van der Waals surface area contributed by atoms with Crippen molar-refractivity contribution in [3.8, 4) is 0 Å². The minimum atomic E-state index is -3.69. The SMILES string of the molecule is CC(=O)c1ccc(N2CCN(S(=O)(=O)c3cccc(F)c3)CC2)cc1. The monoisotopic (exact) mass is 362 g/mol. The van der Waals surface area contributed by atoms with Crippen LogP contribution in [0.2, 0.25) is 0 Å². The van der Waals surface area contributed by atoms with Gasteiger partial charge in [-0.2, -0.15) is 4.31 Å². The Balaban J connectivity index is 1.70. The number of hydrogen-bond donors (Lipinski definition) is 0. The highest BCUT2D eigenvalue weighted by Gasteiger charge is 2.28. The highest BCUT2D eigenvalue weighted by atomic mass is 32.2. The number of halogens is 1. The Morgan fingerprint density at radius 3 is 2.20 bits per heavy atom. The minimum Gasteiger partial charge on any atom is -0.369 e. The molecule has 1 saturated heterocycles. The second-order valence-corrected chi connectivity index (χ2v) is 7.89. The van der Waals surface area contributed by atoms with Crippen LogP contribution in [0.3, 0.4) is 0 Å². The van der Waals surface area contributed by atoms with E-state index in [1.54, 1.807) is 12.1 Å². The van der Waals surface area contributed by atoms with Crippen molar-refractivity contribution >= 4 is 21.5 Å². The molecule has 0 radical (unpaired) electrons. The third-order valence-corrected chi connectivity index (χ3v) is 6.21. The van der Waals surface area contributed by atoms with E-state index >= 15 is 0 Å². The molecule has 0 saturated carbocycles. The quantitative estimate of drug-likeness (QED) is 0.785. The van der Waals surface area contributed by atoms with Crippen molar-refractivity contribution in [2.45, 2.75) is 11.8 Å². The fourth-order valence-corrected chi connectivity index (χ4v) is 4.32. The predicted molar refractivity (Wildman–Crippen MR) is 93.8 cm³/mol. The molecular weight excluding hydrogens is 343 g/mol.